The van der Waals surface area contributed by atoms with Gasteiger partial charge in [0.1, 0.15) is 5.82 Å². The number of rotatable bonds is 3. The van der Waals surface area contributed by atoms with Crippen molar-refractivity contribution in [2.75, 3.05) is 14.1 Å². The summed E-state index contributed by atoms with van der Waals surface area (Å²) in [5, 5.41) is 1.00. The summed E-state index contributed by atoms with van der Waals surface area (Å²) in [5.74, 6) is -0.147. The third kappa shape index (κ3) is 1.74. The molecule has 0 N–H and O–H groups in total. The fraction of sp³-hybridized carbons (Fsp3) is 0.467. The summed E-state index contributed by atoms with van der Waals surface area (Å²) in [5.41, 5.74) is 2.50. The van der Waals surface area contributed by atoms with Crippen LogP contribution in [0.4, 0.5) is 4.39 Å². The molecule has 96 valence electrons. The minimum atomic E-state index is -0.147. The van der Waals surface area contributed by atoms with E-state index in [4.69, 9.17) is 0 Å². The zero-order valence-corrected chi connectivity index (χ0v) is 11.2. The highest BCUT2D eigenvalue weighted by atomic mass is 19.1. The molecule has 0 bridgehead atoms. The Bertz CT molecular complexity index is 594. The molecule has 1 heterocycles. The lowest BCUT2D eigenvalue weighted by atomic mass is 10.1. The van der Waals surface area contributed by atoms with Crippen LogP contribution in [-0.2, 0) is 6.54 Å². The molecule has 2 nitrogen and oxygen atoms in total. The summed E-state index contributed by atoms with van der Waals surface area (Å²) in [6.07, 6.45) is 4.58. The molecule has 0 radical (unpaired) electrons. The first-order valence-electron chi connectivity index (χ1n) is 6.44. The summed E-state index contributed by atoms with van der Waals surface area (Å²) in [6, 6.07) is 5.25. The molecular formula is C15H19FN2. The Balaban J connectivity index is 2.03. The number of likely N-dealkylation sites (N-methyl/N-ethyl adjacent to an activating group) is 1. The first kappa shape index (κ1) is 11.7. The lowest BCUT2D eigenvalue weighted by molar-refractivity contribution is 0.244. The highest BCUT2D eigenvalue weighted by Gasteiger charge is 2.45. The zero-order valence-electron chi connectivity index (χ0n) is 11.2. The Hall–Kier alpha value is -1.35. The van der Waals surface area contributed by atoms with Crippen LogP contribution in [0.5, 0.6) is 0 Å². The molecule has 3 rings (SSSR count). The highest BCUT2D eigenvalue weighted by Crippen LogP contribution is 2.42. The molecule has 18 heavy (non-hydrogen) atoms. The van der Waals surface area contributed by atoms with E-state index in [1.807, 2.05) is 13.0 Å². The minimum absolute atomic E-state index is 0.147. The van der Waals surface area contributed by atoms with Gasteiger partial charge in [-0.15, -0.1) is 0 Å². The molecule has 1 aromatic carbocycles. The van der Waals surface area contributed by atoms with Gasteiger partial charge in [-0.1, -0.05) is 0 Å². The number of hydrogen-bond acceptors (Lipinski definition) is 1. The average Bonchev–Trinajstić information content (AvgIpc) is 2.95. The molecule has 0 spiro atoms. The van der Waals surface area contributed by atoms with Gasteiger partial charge in [0.25, 0.3) is 0 Å². The number of aromatic nitrogens is 1. The van der Waals surface area contributed by atoms with Crippen LogP contribution in [0.25, 0.3) is 10.9 Å². The van der Waals surface area contributed by atoms with Gasteiger partial charge in [-0.25, -0.2) is 4.39 Å². The molecule has 1 aliphatic rings. The number of hydrogen-bond donors (Lipinski definition) is 0. The molecule has 0 amide bonds. The molecule has 3 heteroatoms. The Labute approximate surface area is 107 Å². The van der Waals surface area contributed by atoms with Gasteiger partial charge in [0.15, 0.2) is 0 Å². The minimum Gasteiger partial charge on any atom is -0.345 e. The SMILES string of the molecule is Cc1cc(F)cc2ccn(CC3(N(C)C)CC3)c12. The molecule has 0 saturated heterocycles. The maximum atomic E-state index is 13.4. The van der Waals surface area contributed by atoms with E-state index in [1.54, 1.807) is 12.1 Å². The summed E-state index contributed by atoms with van der Waals surface area (Å²) in [4.78, 5) is 2.32. The van der Waals surface area contributed by atoms with Crippen molar-refractivity contribution in [2.45, 2.75) is 31.8 Å². The van der Waals surface area contributed by atoms with Crippen LogP contribution < -0.4 is 0 Å². The summed E-state index contributed by atoms with van der Waals surface area (Å²) >= 11 is 0. The van der Waals surface area contributed by atoms with E-state index < -0.39 is 0 Å². The first-order valence-corrected chi connectivity index (χ1v) is 6.44. The third-order valence-corrected chi connectivity index (χ3v) is 4.26. The van der Waals surface area contributed by atoms with Gasteiger partial charge in [0.2, 0.25) is 0 Å². The monoisotopic (exact) mass is 246 g/mol. The maximum Gasteiger partial charge on any atom is 0.124 e. The van der Waals surface area contributed by atoms with Gasteiger partial charge >= 0.3 is 0 Å². The van der Waals surface area contributed by atoms with Crippen LogP contribution >= 0.6 is 0 Å². The van der Waals surface area contributed by atoms with Crippen molar-refractivity contribution in [2.24, 2.45) is 0 Å². The van der Waals surface area contributed by atoms with Crippen LogP contribution in [0.15, 0.2) is 24.4 Å². The van der Waals surface area contributed by atoms with Crippen molar-refractivity contribution in [1.29, 1.82) is 0 Å². The van der Waals surface area contributed by atoms with E-state index in [0.29, 0.717) is 5.54 Å². The third-order valence-electron chi connectivity index (χ3n) is 4.26. The summed E-state index contributed by atoms with van der Waals surface area (Å²) in [6.45, 7) is 2.98. The van der Waals surface area contributed by atoms with Crippen LogP contribution in [-0.4, -0.2) is 29.1 Å². The summed E-state index contributed by atoms with van der Waals surface area (Å²) < 4.78 is 15.6. The van der Waals surface area contributed by atoms with Gasteiger partial charge in [0, 0.05) is 23.7 Å². The van der Waals surface area contributed by atoms with Gasteiger partial charge < -0.3 is 9.47 Å². The molecule has 1 fully saturated rings. The van der Waals surface area contributed by atoms with Crippen molar-refractivity contribution in [3.63, 3.8) is 0 Å². The summed E-state index contributed by atoms with van der Waals surface area (Å²) in [7, 11) is 4.29. The normalized spacial score (nSPS) is 17.6. The lowest BCUT2D eigenvalue weighted by Crippen LogP contribution is -2.34. The van der Waals surface area contributed by atoms with Crippen LogP contribution in [0.2, 0.25) is 0 Å². The van der Waals surface area contributed by atoms with Gasteiger partial charge in [-0.3, -0.25) is 0 Å². The Morgan fingerprint density at radius 2 is 2.06 bits per heavy atom. The second-order valence-corrected chi connectivity index (χ2v) is 5.72. The first-order chi connectivity index (χ1) is 8.52. The maximum absolute atomic E-state index is 13.4. The van der Waals surface area contributed by atoms with Crippen LogP contribution in [0.1, 0.15) is 18.4 Å². The van der Waals surface area contributed by atoms with Gasteiger partial charge in [0.05, 0.1) is 5.52 Å². The Kier molecular flexibility index (Phi) is 2.49. The average molecular weight is 246 g/mol. The van der Waals surface area contributed by atoms with E-state index >= 15 is 0 Å². The molecular weight excluding hydrogens is 227 g/mol. The van der Waals surface area contributed by atoms with E-state index in [0.717, 1.165) is 17.5 Å². The predicted octanol–water partition coefficient (Wildman–Crippen LogP) is 3.18. The number of benzene rings is 1. The number of aryl methyl sites for hydroxylation is 1. The molecule has 0 unspecified atom stereocenters. The zero-order chi connectivity index (χ0) is 12.9. The fourth-order valence-corrected chi connectivity index (χ4v) is 2.87. The van der Waals surface area contributed by atoms with Crippen molar-refractivity contribution < 1.29 is 4.39 Å². The second-order valence-electron chi connectivity index (χ2n) is 5.72. The molecule has 2 aromatic rings. The molecule has 0 atom stereocenters. The number of fused-ring (bicyclic) bond motifs is 1. The molecule has 1 saturated carbocycles. The van der Waals surface area contributed by atoms with Gasteiger partial charge in [-0.05, 0) is 57.6 Å². The Morgan fingerprint density at radius 1 is 1.33 bits per heavy atom. The number of nitrogens with zero attached hydrogens (tertiary/aromatic N) is 2. The smallest absolute Gasteiger partial charge is 0.124 e. The van der Waals surface area contributed by atoms with Crippen molar-refractivity contribution in [3.8, 4) is 0 Å². The topological polar surface area (TPSA) is 8.17 Å². The van der Waals surface area contributed by atoms with E-state index in [2.05, 4.69) is 29.8 Å². The molecule has 1 aliphatic carbocycles. The lowest BCUT2D eigenvalue weighted by Gasteiger charge is -2.25. The van der Waals surface area contributed by atoms with E-state index in [1.165, 1.54) is 18.4 Å². The second kappa shape index (κ2) is 3.82. The molecule has 0 aliphatic heterocycles. The largest absolute Gasteiger partial charge is 0.345 e. The van der Waals surface area contributed by atoms with Crippen LogP contribution in [0.3, 0.4) is 0 Å². The predicted molar refractivity (Wildman–Crippen MR) is 72.3 cm³/mol. The van der Waals surface area contributed by atoms with Crippen molar-refractivity contribution >= 4 is 10.9 Å². The number of halogens is 1. The highest BCUT2D eigenvalue weighted by molar-refractivity contribution is 5.83. The Morgan fingerprint density at radius 3 is 2.67 bits per heavy atom. The van der Waals surface area contributed by atoms with Crippen LogP contribution in [0, 0.1) is 12.7 Å². The van der Waals surface area contributed by atoms with Gasteiger partial charge in [-0.2, -0.15) is 0 Å². The quantitative estimate of drug-likeness (QED) is 0.807. The van der Waals surface area contributed by atoms with Crippen molar-refractivity contribution in [3.05, 3.63) is 35.8 Å². The fourth-order valence-electron chi connectivity index (χ4n) is 2.87. The van der Waals surface area contributed by atoms with Crippen molar-refractivity contribution in [1.82, 2.24) is 9.47 Å². The standard InChI is InChI=1S/C15H19FN2/c1-11-8-13(16)9-12-4-7-18(14(11)12)10-15(5-6-15)17(2)3/h4,7-9H,5-6,10H2,1-3H3. The molecule has 1 aromatic heterocycles. The van der Waals surface area contributed by atoms with E-state index in [-0.39, 0.29) is 5.82 Å². The van der Waals surface area contributed by atoms with E-state index in [9.17, 15) is 4.39 Å².